The predicted molar refractivity (Wildman–Crippen MR) is 68.5 cm³/mol. The second kappa shape index (κ2) is 4.98. The Hall–Kier alpha value is -1.86. The topological polar surface area (TPSA) is 35.8 Å². The number of benzene rings is 2. The van der Waals surface area contributed by atoms with Gasteiger partial charge in [-0.15, -0.1) is 0 Å². The van der Waals surface area contributed by atoms with Crippen molar-refractivity contribution in [1.82, 2.24) is 0 Å². The Morgan fingerprint density at radius 3 is 2.53 bits per heavy atom. The van der Waals surface area contributed by atoms with E-state index in [4.69, 9.17) is 5.26 Å². The quantitative estimate of drug-likeness (QED) is 0.900. The first-order valence-corrected chi connectivity index (χ1v) is 5.71. The van der Waals surface area contributed by atoms with Crippen LogP contribution in [0.5, 0.6) is 0 Å². The minimum absolute atomic E-state index is 0.306. The number of para-hydroxylation sites is 1. The second-order valence-electron chi connectivity index (χ2n) is 3.41. The third-order valence-corrected chi connectivity index (χ3v) is 2.93. The molecule has 0 saturated carbocycles. The van der Waals surface area contributed by atoms with Gasteiger partial charge >= 0.3 is 0 Å². The maximum atomic E-state index is 13.6. The first kappa shape index (κ1) is 11.6. The number of nitrogens with zero attached hydrogens (tertiary/aromatic N) is 1. The number of hydrogen-bond donors (Lipinski definition) is 1. The van der Waals surface area contributed by atoms with Crippen LogP contribution in [0.2, 0.25) is 0 Å². The summed E-state index contributed by atoms with van der Waals surface area (Å²) in [5.74, 6) is -0.445. The van der Waals surface area contributed by atoms with Crippen LogP contribution >= 0.6 is 15.9 Å². The van der Waals surface area contributed by atoms with Gasteiger partial charge in [0.25, 0.3) is 0 Å². The number of nitrogens with one attached hydrogen (secondary N) is 1. The minimum atomic E-state index is -0.445. The zero-order valence-electron chi connectivity index (χ0n) is 8.74. The summed E-state index contributed by atoms with van der Waals surface area (Å²) >= 11 is 3.37. The lowest BCUT2D eigenvalue weighted by molar-refractivity contribution is 0.631. The Balaban J connectivity index is 2.32. The van der Waals surface area contributed by atoms with Gasteiger partial charge in [-0.25, -0.2) is 4.39 Å². The van der Waals surface area contributed by atoms with E-state index in [-0.39, 0.29) is 0 Å². The summed E-state index contributed by atoms with van der Waals surface area (Å²) < 4.78 is 14.5. The number of rotatable bonds is 2. The maximum absolute atomic E-state index is 13.6. The van der Waals surface area contributed by atoms with Crippen LogP contribution in [0, 0.1) is 17.1 Å². The number of nitriles is 1. The summed E-state index contributed by atoms with van der Waals surface area (Å²) in [6.07, 6.45) is 0. The normalized spacial score (nSPS) is 9.71. The monoisotopic (exact) mass is 290 g/mol. The molecule has 0 aromatic heterocycles. The lowest BCUT2D eigenvalue weighted by atomic mass is 10.2. The van der Waals surface area contributed by atoms with Crippen molar-refractivity contribution in [1.29, 1.82) is 5.26 Å². The number of anilines is 2. The van der Waals surface area contributed by atoms with Gasteiger partial charge in [0.1, 0.15) is 5.82 Å². The molecule has 4 heteroatoms. The van der Waals surface area contributed by atoms with Crippen molar-refractivity contribution in [3.63, 3.8) is 0 Å². The smallest absolute Gasteiger partial charge is 0.147 e. The molecule has 0 fully saturated rings. The van der Waals surface area contributed by atoms with Gasteiger partial charge in [-0.3, -0.25) is 0 Å². The van der Waals surface area contributed by atoms with Crippen molar-refractivity contribution in [3.05, 3.63) is 58.3 Å². The molecule has 0 radical (unpaired) electrons. The number of hydrogen-bond acceptors (Lipinski definition) is 2. The standard InChI is InChI=1S/C13H8BrFN2/c14-10-3-1-2-4-12(10)17-13-6-5-9(8-16)7-11(13)15/h1-7,17H. The SMILES string of the molecule is N#Cc1ccc(Nc2ccccc2Br)c(F)c1. The number of halogens is 2. The summed E-state index contributed by atoms with van der Waals surface area (Å²) in [6, 6.07) is 13.7. The van der Waals surface area contributed by atoms with Crippen molar-refractivity contribution in [3.8, 4) is 6.07 Å². The molecule has 1 N–H and O–H groups in total. The van der Waals surface area contributed by atoms with Crippen molar-refractivity contribution in [2.45, 2.75) is 0 Å². The molecule has 0 atom stereocenters. The molecule has 0 bridgehead atoms. The van der Waals surface area contributed by atoms with Crippen LogP contribution in [-0.4, -0.2) is 0 Å². The molecule has 17 heavy (non-hydrogen) atoms. The summed E-state index contributed by atoms with van der Waals surface area (Å²) in [5.41, 5.74) is 1.42. The summed E-state index contributed by atoms with van der Waals surface area (Å²) in [5, 5.41) is 11.6. The van der Waals surface area contributed by atoms with Gasteiger partial charge in [-0.05, 0) is 46.3 Å². The lowest BCUT2D eigenvalue weighted by Crippen LogP contribution is -1.95. The molecule has 84 valence electrons. The van der Waals surface area contributed by atoms with Crippen LogP contribution in [0.1, 0.15) is 5.56 Å². The van der Waals surface area contributed by atoms with E-state index in [9.17, 15) is 4.39 Å². The predicted octanol–water partition coefficient (Wildman–Crippen LogP) is 4.20. The highest BCUT2D eigenvalue weighted by atomic mass is 79.9. The summed E-state index contributed by atoms with van der Waals surface area (Å²) in [7, 11) is 0. The summed E-state index contributed by atoms with van der Waals surface area (Å²) in [4.78, 5) is 0. The van der Waals surface area contributed by atoms with Crippen LogP contribution in [0.15, 0.2) is 46.9 Å². The van der Waals surface area contributed by atoms with Gasteiger partial charge < -0.3 is 5.32 Å². The molecule has 0 heterocycles. The van der Waals surface area contributed by atoms with Gasteiger partial charge in [-0.2, -0.15) is 5.26 Å². The van der Waals surface area contributed by atoms with E-state index in [1.807, 2.05) is 30.3 Å². The van der Waals surface area contributed by atoms with Crippen molar-refractivity contribution in [2.24, 2.45) is 0 Å². The Labute approximate surface area is 107 Å². The third kappa shape index (κ3) is 2.63. The fourth-order valence-electron chi connectivity index (χ4n) is 1.39. The van der Waals surface area contributed by atoms with Crippen LogP contribution in [-0.2, 0) is 0 Å². The van der Waals surface area contributed by atoms with Crippen molar-refractivity contribution in [2.75, 3.05) is 5.32 Å². The fourth-order valence-corrected chi connectivity index (χ4v) is 1.78. The van der Waals surface area contributed by atoms with Crippen LogP contribution < -0.4 is 5.32 Å². The highest BCUT2D eigenvalue weighted by Crippen LogP contribution is 2.26. The van der Waals surface area contributed by atoms with E-state index >= 15 is 0 Å². The maximum Gasteiger partial charge on any atom is 0.147 e. The first-order chi connectivity index (χ1) is 8.20. The molecule has 2 aromatic carbocycles. The molecule has 2 nitrogen and oxygen atoms in total. The molecule has 0 spiro atoms. The van der Waals surface area contributed by atoms with Crippen LogP contribution in [0.4, 0.5) is 15.8 Å². The van der Waals surface area contributed by atoms with Gasteiger partial charge in [0.05, 0.1) is 23.0 Å². The average Bonchev–Trinajstić information content (AvgIpc) is 2.34. The molecule has 0 aliphatic rings. The molecule has 2 rings (SSSR count). The van der Waals surface area contributed by atoms with E-state index in [2.05, 4.69) is 21.2 Å². The molecule has 2 aromatic rings. The highest BCUT2D eigenvalue weighted by molar-refractivity contribution is 9.10. The van der Waals surface area contributed by atoms with E-state index < -0.39 is 5.82 Å². The van der Waals surface area contributed by atoms with E-state index in [1.54, 1.807) is 12.1 Å². The molecular weight excluding hydrogens is 283 g/mol. The van der Waals surface area contributed by atoms with Gasteiger partial charge in [-0.1, -0.05) is 12.1 Å². The second-order valence-corrected chi connectivity index (χ2v) is 4.27. The van der Waals surface area contributed by atoms with E-state index in [1.165, 1.54) is 6.07 Å². The highest BCUT2D eigenvalue weighted by Gasteiger charge is 2.05. The Morgan fingerprint density at radius 1 is 1.12 bits per heavy atom. The molecule has 0 amide bonds. The Kier molecular flexibility index (Phi) is 3.40. The minimum Gasteiger partial charge on any atom is -0.352 e. The van der Waals surface area contributed by atoms with Crippen LogP contribution in [0.3, 0.4) is 0 Å². The van der Waals surface area contributed by atoms with Crippen molar-refractivity contribution >= 4 is 27.3 Å². The Morgan fingerprint density at radius 2 is 1.88 bits per heavy atom. The van der Waals surface area contributed by atoms with Gasteiger partial charge in [0.15, 0.2) is 0 Å². The van der Waals surface area contributed by atoms with E-state index in [0.29, 0.717) is 11.3 Å². The molecular formula is C13H8BrFN2. The zero-order chi connectivity index (χ0) is 12.3. The Bertz CT molecular complexity index is 590. The molecule has 0 unspecified atom stereocenters. The largest absolute Gasteiger partial charge is 0.352 e. The molecule has 0 saturated heterocycles. The van der Waals surface area contributed by atoms with Crippen molar-refractivity contribution < 1.29 is 4.39 Å². The van der Waals surface area contributed by atoms with Gasteiger partial charge in [0, 0.05) is 4.47 Å². The molecule has 0 aliphatic heterocycles. The zero-order valence-corrected chi connectivity index (χ0v) is 10.3. The average molecular weight is 291 g/mol. The fraction of sp³-hybridized carbons (Fsp3) is 0. The van der Waals surface area contributed by atoms with E-state index in [0.717, 1.165) is 10.2 Å². The third-order valence-electron chi connectivity index (χ3n) is 2.24. The summed E-state index contributed by atoms with van der Waals surface area (Å²) in [6.45, 7) is 0. The van der Waals surface area contributed by atoms with Crippen LogP contribution in [0.25, 0.3) is 0 Å². The first-order valence-electron chi connectivity index (χ1n) is 4.92. The lowest BCUT2D eigenvalue weighted by Gasteiger charge is -2.09. The molecule has 0 aliphatic carbocycles. The van der Waals surface area contributed by atoms with Gasteiger partial charge in [0.2, 0.25) is 0 Å².